The van der Waals surface area contributed by atoms with Gasteiger partial charge in [0.1, 0.15) is 0 Å². The number of hydrogen-bond acceptors (Lipinski definition) is 2. The molecular weight excluding hydrogens is 302 g/mol. The van der Waals surface area contributed by atoms with Gasteiger partial charge in [-0.3, -0.25) is 0 Å². The summed E-state index contributed by atoms with van der Waals surface area (Å²) in [5, 5.41) is 12.3. The minimum absolute atomic E-state index is 0.592. The molecule has 0 aliphatic rings. The molecule has 2 aromatic rings. The highest BCUT2D eigenvalue weighted by molar-refractivity contribution is 9.10. The molecule has 0 atom stereocenters. The fourth-order valence-electron chi connectivity index (χ4n) is 1.79. The van der Waals surface area contributed by atoms with Gasteiger partial charge in [0.15, 0.2) is 0 Å². The van der Waals surface area contributed by atoms with Crippen molar-refractivity contribution in [1.29, 1.82) is 0 Å². The summed E-state index contributed by atoms with van der Waals surface area (Å²) in [5.41, 5.74) is 3.59. The van der Waals surface area contributed by atoms with Crippen molar-refractivity contribution in [3.8, 4) is 0 Å². The summed E-state index contributed by atoms with van der Waals surface area (Å²) < 4.78 is 1.04. The molecule has 0 heterocycles. The zero-order valence-electron chi connectivity index (χ0n) is 10.5. The highest BCUT2D eigenvalue weighted by atomic mass is 79.9. The van der Waals surface area contributed by atoms with Crippen LogP contribution in [0.2, 0.25) is 0 Å². The van der Waals surface area contributed by atoms with E-state index < -0.39 is 0 Å². The summed E-state index contributed by atoms with van der Waals surface area (Å²) in [6, 6.07) is 17.9. The van der Waals surface area contributed by atoms with E-state index in [-0.39, 0.29) is 0 Å². The summed E-state index contributed by atoms with van der Waals surface area (Å²) in [7, 11) is 0. The number of benzene rings is 2. The number of rotatable bonds is 3. The first kappa shape index (κ1) is 13.6. The van der Waals surface area contributed by atoms with Crippen molar-refractivity contribution >= 4 is 33.3 Å². The topological polar surface area (TPSA) is 32.6 Å². The van der Waals surface area contributed by atoms with Crippen LogP contribution in [0.3, 0.4) is 0 Å². The number of oxime groups is 1. The largest absolute Gasteiger partial charge is 0.411 e. The van der Waals surface area contributed by atoms with Gasteiger partial charge in [-0.1, -0.05) is 63.6 Å². The van der Waals surface area contributed by atoms with E-state index in [1.54, 1.807) is 6.92 Å². The highest BCUT2D eigenvalue weighted by Gasteiger charge is 2.05. The lowest BCUT2D eigenvalue weighted by Crippen LogP contribution is -1.96. The van der Waals surface area contributed by atoms with Crippen LogP contribution in [-0.4, -0.2) is 10.9 Å². The van der Waals surface area contributed by atoms with Crippen LogP contribution >= 0.6 is 15.9 Å². The Morgan fingerprint density at radius 2 is 1.68 bits per heavy atom. The van der Waals surface area contributed by atoms with Crippen molar-refractivity contribution in [3.05, 3.63) is 70.2 Å². The first-order valence-electron chi connectivity index (χ1n) is 5.92. The summed E-state index contributed by atoms with van der Waals surface area (Å²) in [4.78, 5) is 0. The van der Waals surface area contributed by atoms with Crippen LogP contribution in [0.4, 0.5) is 0 Å². The monoisotopic (exact) mass is 315 g/mol. The van der Waals surface area contributed by atoms with Gasteiger partial charge in [-0.2, -0.15) is 0 Å². The predicted molar refractivity (Wildman–Crippen MR) is 83.4 cm³/mol. The summed E-state index contributed by atoms with van der Waals surface area (Å²) in [6.45, 7) is 1.79. The number of allylic oxidation sites excluding steroid dienone is 1. The zero-order chi connectivity index (χ0) is 13.7. The molecule has 19 heavy (non-hydrogen) atoms. The Kier molecular flexibility index (Phi) is 4.53. The maximum Gasteiger partial charge on any atom is 0.0843 e. The molecule has 1 N–H and O–H groups in total. The molecule has 0 aromatic heterocycles. The van der Waals surface area contributed by atoms with Crippen LogP contribution in [0, 0.1) is 0 Å². The number of hydrogen-bond donors (Lipinski definition) is 1. The summed E-state index contributed by atoms with van der Waals surface area (Å²) in [5.74, 6) is 0. The van der Waals surface area contributed by atoms with Gasteiger partial charge < -0.3 is 5.21 Å². The average Bonchev–Trinajstić information content (AvgIpc) is 2.47. The van der Waals surface area contributed by atoms with Crippen LogP contribution in [0.5, 0.6) is 0 Å². The van der Waals surface area contributed by atoms with E-state index in [1.807, 2.05) is 60.7 Å². The molecule has 0 spiro atoms. The second kappa shape index (κ2) is 6.34. The molecule has 96 valence electrons. The van der Waals surface area contributed by atoms with E-state index in [2.05, 4.69) is 21.1 Å². The van der Waals surface area contributed by atoms with Crippen molar-refractivity contribution < 1.29 is 5.21 Å². The van der Waals surface area contributed by atoms with Gasteiger partial charge in [-0.25, -0.2) is 0 Å². The fraction of sp³-hybridized carbons (Fsp3) is 0.0625. The van der Waals surface area contributed by atoms with E-state index in [0.717, 1.165) is 21.2 Å². The lowest BCUT2D eigenvalue weighted by molar-refractivity contribution is 0.319. The van der Waals surface area contributed by atoms with Crippen molar-refractivity contribution in [2.75, 3.05) is 0 Å². The summed E-state index contributed by atoms with van der Waals surface area (Å²) in [6.07, 6.45) is 2.01. The molecular formula is C16H14BrNO. The molecule has 0 aliphatic carbocycles. The molecule has 0 unspecified atom stereocenters. The molecule has 0 radical (unpaired) electrons. The number of nitrogens with zero attached hydrogens (tertiary/aromatic N) is 1. The fourth-order valence-corrected chi connectivity index (χ4v) is 2.06. The van der Waals surface area contributed by atoms with E-state index in [9.17, 15) is 0 Å². The smallest absolute Gasteiger partial charge is 0.0843 e. The molecule has 3 heteroatoms. The van der Waals surface area contributed by atoms with Crippen LogP contribution in [0.1, 0.15) is 18.1 Å². The van der Waals surface area contributed by atoms with Gasteiger partial charge >= 0.3 is 0 Å². The quantitative estimate of drug-likeness (QED) is 0.374. The maximum absolute atomic E-state index is 9.03. The van der Waals surface area contributed by atoms with Gasteiger partial charge in [0.25, 0.3) is 0 Å². The second-order valence-corrected chi connectivity index (χ2v) is 5.08. The maximum atomic E-state index is 9.03. The standard InChI is InChI=1S/C16H14BrNO/c1-12(18-19)16(14-5-3-2-4-6-14)11-13-7-9-15(17)10-8-13/h2-11,19H,1H3/b16-11-,18-12+. The molecule has 0 saturated carbocycles. The SMILES string of the molecule is CC(=N\O)/C(=C/c1ccc(Br)cc1)c1ccccc1. The van der Waals surface area contributed by atoms with Crippen LogP contribution in [-0.2, 0) is 0 Å². The van der Waals surface area contributed by atoms with Gasteiger partial charge in [0.05, 0.1) is 5.71 Å². The minimum atomic E-state index is 0.592. The van der Waals surface area contributed by atoms with E-state index in [4.69, 9.17) is 5.21 Å². The Labute approximate surface area is 121 Å². The van der Waals surface area contributed by atoms with Crippen LogP contribution < -0.4 is 0 Å². The molecule has 2 aromatic carbocycles. The normalized spacial score (nSPS) is 12.5. The third-order valence-electron chi connectivity index (χ3n) is 2.81. The molecule has 0 fully saturated rings. The lowest BCUT2D eigenvalue weighted by atomic mass is 9.99. The Balaban J connectivity index is 2.47. The number of halogens is 1. The average molecular weight is 316 g/mol. The van der Waals surface area contributed by atoms with Gasteiger partial charge in [0.2, 0.25) is 0 Å². The van der Waals surface area contributed by atoms with Gasteiger partial charge in [0, 0.05) is 10.0 Å². The third kappa shape index (κ3) is 3.55. The first-order chi connectivity index (χ1) is 9.20. The van der Waals surface area contributed by atoms with Crippen molar-refractivity contribution in [3.63, 3.8) is 0 Å². The Morgan fingerprint density at radius 1 is 1.05 bits per heavy atom. The highest BCUT2D eigenvalue weighted by Crippen LogP contribution is 2.21. The lowest BCUT2D eigenvalue weighted by Gasteiger charge is -2.06. The van der Waals surface area contributed by atoms with Gasteiger partial charge in [-0.15, -0.1) is 0 Å². The molecule has 2 rings (SSSR count). The second-order valence-electron chi connectivity index (χ2n) is 4.16. The molecule has 0 amide bonds. The van der Waals surface area contributed by atoms with E-state index >= 15 is 0 Å². The summed E-state index contributed by atoms with van der Waals surface area (Å²) >= 11 is 3.41. The Morgan fingerprint density at radius 3 is 2.26 bits per heavy atom. The van der Waals surface area contributed by atoms with E-state index in [0.29, 0.717) is 5.71 Å². The van der Waals surface area contributed by atoms with Gasteiger partial charge in [-0.05, 0) is 36.3 Å². The molecule has 0 aliphatic heterocycles. The molecule has 0 saturated heterocycles. The van der Waals surface area contributed by atoms with E-state index in [1.165, 1.54) is 0 Å². The Bertz CT molecular complexity index is 600. The predicted octanol–water partition coefficient (Wildman–Crippen LogP) is 4.84. The minimum Gasteiger partial charge on any atom is -0.411 e. The third-order valence-corrected chi connectivity index (χ3v) is 3.33. The van der Waals surface area contributed by atoms with Crippen LogP contribution in [0.25, 0.3) is 11.6 Å². The van der Waals surface area contributed by atoms with Crippen molar-refractivity contribution in [2.24, 2.45) is 5.16 Å². The zero-order valence-corrected chi connectivity index (χ0v) is 12.1. The molecule has 2 nitrogen and oxygen atoms in total. The van der Waals surface area contributed by atoms with Crippen LogP contribution in [0.15, 0.2) is 64.2 Å². The molecule has 0 bridgehead atoms. The first-order valence-corrected chi connectivity index (χ1v) is 6.71. The van der Waals surface area contributed by atoms with Crippen molar-refractivity contribution in [2.45, 2.75) is 6.92 Å². The Hall–Kier alpha value is -1.87. The van der Waals surface area contributed by atoms with Crippen molar-refractivity contribution in [1.82, 2.24) is 0 Å².